The van der Waals surface area contributed by atoms with Gasteiger partial charge in [0.05, 0.1) is 6.10 Å². The largest absolute Gasteiger partial charge is 0.378 e. The molecule has 2 aliphatic carbocycles. The van der Waals surface area contributed by atoms with E-state index in [2.05, 4.69) is 12.2 Å². The van der Waals surface area contributed by atoms with Gasteiger partial charge in [-0.15, -0.1) is 0 Å². The molecular formula is C11H19NO. The second kappa shape index (κ2) is 4.25. The van der Waals surface area contributed by atoms with Crippen LogP contribution < -0.4 is 5.73 Å². The van der Waals surface area contributed by atoms with Crippen LogP contribution in [0.5, 0.6) is 0 Å². The van der Waals surface area contributed by atoms with Crippen molar-refractivity contribution >= 4 is 0 Å². The summed E-state index contributed by atoms with van der Waals surface area (Å²) in [4.78, 5) is 0. The molecule has 0 amide bonds. The van der Waals surface area contributed by atoms with E-state index in [0.717, 1.165) is 37.8 Å². The van der Waals surface area contributed by atoms with Crippen molar-refractivity contribution < 1.29 is 4.74 Å². The maximum Gasteiger partial charge on any atom is 0.0643 e. The van der Waals surface area contributed by atoms with E-state index >= 15 is 0 Å². The normalized spacial score (nSPS) is 35.9. The van der Waals surface area contributed by atoms with Gasteiger partial charge in [0, 0.05) is 12.5 Å². The summed E-state index contributed by atoms with van der Waals surface area (Å²) in [6, 6.07) is 0. The molecule has 3 atom stereocenters. The maximum absolute atomic E-state index is 5.83. The first-order chi connectivity index (χ1) is 6.40. The van der Waals surface area contributed by atoms with Gasteiger partial charge < -0.3 is 10.5 Å². The highest BCUT2D eigenvalue weighted by Gasteiger charge is 2.35. The van der Waals surface area contributed by atoms with Gasteiger partial charge in [-0.25, -0.2) is 0 Å². The fourth-order valence-electron chi connectivity index (χ4n) is 2.40. The van der Waals surface area contributed by atoms with E-state index in [0.29, 0.717) is 6.10 Å². The van der Waals surface area contributed by atoms with E-state index < -0.39 is 0 Å². The van der Waals surface area contributed by atoms with E-state index in [9.17, 15) is 0 Å². The molecule has 0 aliphatic heterocycles. The minimum atomic E-state index is 0.521. The molecule has 2 heteroatoms. The smallest absolute Gasteiger partial charge is 0.0643 e. The Morgan fingerprint density at radius 3 is 2.77 bits per heavy atom. The van der Waals surface area contributed by atoms with Gasteiger partial charge in [0.15, 0.2) is 0 Å². The third kappa shape index (κ3) is 2.12. The summed E-state index contributed by atoms with van der Waals surface area (Å²) < 4.78 is 5.83. The third-order valence-electron chi connectivity index (χ3n) is 3.15. The van der Waals surface area contributed by atoms with Crippen molar-refractivity contribution in [3.05, 3.63) is 12.2 Å². The summed E-state index contributed by atoms with van der Waals surface area (Å²) in [6.07, 6.45) is 10.0. The Hall–Kier alpha value is -0.340. The van der Waals surface area contributed by atoms with E-state index in [1.165, 1.54) is 12.8 Å². The molecule has 3 unspecified atom stereocenters. The summed E-state index contributed by atoms with van der Waals surface area (Å²) in [6.45, 7) is 1.69. The zero-order valence-corrected chi connectivity index (χ0v) is 8.11. The monoisotopic (exact) mass is 181 g/mol. The number of rotatable bonds is 5. The third-order valence-corrected chi connectivity index (χ3v) is 3.15. The van der Waals surface area contributed by atoms with Gasteiger partial charge in [-0.2, -0.15) is 0 Å². The van der Waals surface area contributed by atoms with E-state index in [-0.39, 0.29) is 0 Å². The Labute approximate surface area is 80.1 Å². The Morgan fingerprint density at radius 1 is 1.23 bits per heavy atom. The number of fused-ring (bicyclic) bond motifs is 2. The van der Waals surface area contributed by atoms with Gasteiger partial charge in [-0.3, -0.25) is 0 Å². The lowest BCUT2D eigenvalue weighted by molar-refractivity contribution is 0.0347. The lowest BCUT2D eigenvalue weighted by atomic mass is 10.0. The molecule has 2 aliphatic rings. The molecular weight excluding hydrogens is 162 g/mol. The fraction of sp³-hybridized carbons (Fsp3) is 0.818. The lowest BCUT2D eigenvalue weighted by Crippen LogP contribution is -2.18. The van der Waals surface area contributed by atoms with Crippen molar-refractivity contribution in [2.45, 2.75) is 31.8 Å². The first-order valence-corrected chi connectivity index (χ1v) is 5.40. The van der Waals surface area contributed by atoms with Crippen LogP contribution in [0.3, 0.4) is 0 Å². The number of hydrogen-bond acceptors (Lipinski definition) is 2. The Balaban J connectivity index is 1.64. The van der Waals surface area contributed by atoms with Crippen LogP contribution in [0.1, 0.15) is 25.7 Å². The summed E-state index contributed by atoms with van der Waals surface area (Å²) in [5.74, 6) is 1.55. The second-order valence-corrected chi connectivity index (χ2v) is 4.19. The molecule has 0 aromatic rings. The predicted octanol–water partition coefficient (Wildman–Crippen LogP) is 1.71. The van der Waals surface area contributed by atoms with Crippen LogP contribution in [0.4, 0.5) is 0 Å². The molecule has 0 aromatic heterocycles. The number of nitrogens with two attached hydrogens (primary N) is 1. The summed E-state index contributed by atoms with van der Waals surface area (Å²) in [7, 11) is 0. The molecule has 1 fully saturated rings. The topological polar surface area (TPSA) is 35.2 Å². The summed E-state index contributed by atoms with van der Waals surface area (Å²) >= 11 is 0. The molecule has 13 heavy (non-hydrogen) atoms. The van der Waals surface area contributed by atoms with Crippen molar-refractivity contribution in [3.8, 4) is 0 Å². The van der Waals surface area contributed by atoms with Gasteiger partial charge >= 0.3 is 0 Å². The zero-order valence-electron chi connectivity index (χ0n) is 8.11. The Bertz CT molecular complexity index is 191. The zero-order chi connectivity index (χ0) is 9.10. The van der Waals surface area contributed by atoms with Crippen LogP contribution in [-0.4, -0.2) is 19.3 Å². The van der Waals surface area contributed by atoms with Crippen LogP contribution in [-0.2, 0) is 4.74 Å². The molecule has 0 spiro atoms. The number of unbranched alkanes of at least 4 members (excludes halogenated alkanes) is 1. The molecule has 2 nitrogen and oxygen atoms in total. The highest BCUT2D eigenvalue weighted by Crippen LogP contribution is 2.40. The van der Waals surface area contributed by atoms with Crippen LogP contribution in [0.2, 0.25) is 0 Å². The van der Waals surface area contributed by atoms with Gasteiger partial charge in [0.1, 0.15) is 0 Å². The minimum absolute atomic E-state index is 0.521. The van der Waals surface area contributed by atoms with Gasteiger partial charge in [0.25, 0.3) is 0 Å². The molecule has 2 rings (SSSR count). The molecule has 2 N–H and O–H groups in total. The highest BCUT2D eigenvalue weighted by molar-refractivity contribution is 5.10. The van der Waals surface area contributed by atoms with Crippen LogP contribution in [0.15, 0.2) is 12.2 Å². The standard InChI is InChI=1S/C11H19NO/c12-5-1-2-6-13-11-8-9-3-4-10(11)7-9/h3-4,9-11H,1-2,5-8,12H2. The van der Waals surface area contributed by atoms with Crippen LogP contribution >= 0.6 is 0 Å². The van der Waals surface area contributed by atoms with Crippen LogP contribution in [0.25, 0.3) is 0 Å². The average molecular weight is 181 g/mol. The van der Waals surface area contributed by atoms with Gasteiger partial charge in [-0.1, -0.05) is 12.2 Å². The van der Waals surface area contributed by atoms with Gasteiger partial charge in [0.2, 0.25) is 0 Å². The number of allylic oxidation sites excluding steroid dienone is 1. The number of hydrogen-bond donors (Lipinski definition) is 1. The molecule has 0 saturated heterocycles. The minimum Gasteiger partial charge on any atom is -0.378 e. The molecule has 74 valence electrons. The van der Waals surface area contributed by atoms with E-state index in [4.69, 9.17) is 10.5 Å². The summed E-state index contributed by atoms with van der Waals surface area (Å²) in [5.41, 5.74) is 5.42. The van der Waals surface area contributed by atoms with Crippen molar-refractivity contribution in [2.75, 3.05) is 13.2 Å². The molecule has 0 heterocycles. The van der Waals surface area contributed by atoms with Crippen molar-refractivity contribution in [1.82, 2.24) is 0 Å². The molecule has 2 bridgehead atoms. The van der Waals surface area contributed by atoms with E-state index in [1.807, 2.05) is 0 Å². The Morgan fingerprint density at radius 2 is 2.15 bits per heavy atom. The van der Waals surface area contributed by atoms with Crippen molar-refractivity contribution in [3.63, 3.8) is 0 Å². The lowest BCUT2D eigenvalue weighted by Gasteiger charge is -2.18. The maximum atomic E-state index is 5.83. The molecule has 0 radical (unpaired) electrons. The molecule has 0 aromatic carbocycles. The van der Waals surface area contributed by atoms with Crippen LogP contribution in [0, 0.1) is 11.8 Å². The Kier molecular flexibility index (Phi) is 3.01. The SMILES string of the molecule is NCCCCOC1CC2C=CC1C2. The first kappa shape index (κ1) is 9.22. The van der Waals surface area contributed by atoms with Crippen molar-refractivity contribution in [2.24, 2.45) is 17.6 Å². The quantitative estimate of drug-likeness (QED) is 0.517. The molecule has 1 saturated carbocycles. The second-order valence-electron chi connectivity index (χ2n) is 4.19. The number of ether oxygens (including phenoxy) is 1. The average Bonchev–Trinajstić information content (AvgIpc) is 2.73. The summed E-state index contributed by atoms with van der Waals surface area (Å²) in [5, 5.41) is 0. The van der Waals surface area contributed by atoms with E-state index in [1.54, 1.807) is 0 Å². The van der Waals surface area contributed by atoms with Crippen molar-refractivity contribution in [1.29, 1.82) is 0 Å². The fourth-order valence-corrected chi connectivity index (χ4v) is 2.40. The van der Waals surface area contributed by atoms with Gasteiger partial charge in [-0.05, 0) is 38.1 Å². The highest BCUT2D eigenvalue weighted by atomic mass is 16.5. The predicted molar refractivity (Wildman–Crippen MR) is 53.4 cm³/mol. The first-order valence-electron chi connectivity index (χ1n) is 5.40.